The average Bonchev–Trinajstić information content (AvgIpc) is 3.18. The van der Waals surface area contributed by atoms with E-state index >= 15 is 0 Å². The topological polar surface area (TPSA) is 61.4 Å². The highest BCUT2D eigenvalue weighted by Crippen LogP contribution is 2.12. The van der Waals surface area contributed by atoms with Crippen molar-refractivity contribution in [3.8, 4) is 0 Å². The molecule has 0 unspecified atom stereocenters. The Bertz CT molecular complexity index is 726. The maximum absolute atomic E-state index is 12.1. The van der Waals surface area contributed by atoms with Gasteiger partial charge >= 0.3 is 0 Å². The second-order valence-corrected chi connectivity index (χ2v) is 6.68. The highest BCUT2D eigenvalue weighted by Gasteiger charge is 2.06. The molecule has 2 aromatic rings. The number of benzene rings is 1. The first kappa shape index (κ1) is 22.9. The molecule has 2 amide bonds. The third-order valence-corrected chi connectivity index (χ3v) is 4.80. The van der Waals surface area contributed by atoms with Crippen LogP contribution in [0.3, 0.4) is 0 Å². The molecule has 2 rings (SSSR count). The van der Waals surface area contributed by atoms with Crippen molar-refractivity contribution in [2.45, 2.75) is 13.8 Å². The van der Waals surface area contributed by atoms with Crippen molar-refractivity contribution in [1.29, 1.82) is 0 Å². The number of thiophene rings is 1. The minimum atomic E-state index is -0.199. The van der Waals surface area contributed by atoms with Crippen molar-refractivity contribution >= 4 is 47.3 Å². The molecule has 0 atom stereocenters. The first-order valence-corrected chi connectivity index (χ1v) is 9.63. The van der Waals surface area contributed by atoms with Gasteiger partial charge in [0.2, 0.25) is 5.91 Å². The fourth-order valence-corrected chi connectivity index (χ4v) is 3.02. The number of hydrogen-bond donors (Lipinski definition) is 2. The van der Waals surface area contributed by atoms with Crippen LogP contribution >= 0.6 is 23.7 Å². The highest BCUT2D eigenvalue weighted by molar-refractivity contribution is 7.10. The molecule has 0 saturated carbocycles. The number of hydrogen-bond acceptors (Lipinski definition) is 4. The number of halogens is 1. The van der Waals surface area contributed by atoms with E-state index in [0.717, 1.165) is 24.5 Å². The van der Waals surface area contributed by atoms with Gasteiger partial charge in [-0.25, -0.2) is 0 Å². The zero-order valence-corrected chi connectivity index (χ0v) is 17.2. The largest absolute Gasteiger partial charge is 0.351 e. The molecule has 5 nitrogen and oxygen atoms in total. The number of anilines is 1. The van der Waals surface area contributed by atoms with Gasteiger partial charge in [-0.3, -0.25) is 9.59 Å². The smallest absolute Gasteiger partial charge is 0.251 e. The Kier molecular flexibility index (Phi) is 10.4. The van der Waals surface area contributed by atoms with Gasteiger partial charge in [0.15, 0.2) is 0 Å². The fraction of sp³-hybridized carbons (Fsp3) is 0.300. The van der Waals surface area contributed by atoms with Gasteiger partial charge in [-0.05, 0) is 54.9 Å². The van der Waals surface area contributed by atoms with E-state index in [9.17, 15) is 9.59 Å². The van der Waals surface area contributed by atoms with Crippen LogP contribution in [0, 0.1) is 0 Å². The highest BCUT2D eigenvalue weighted by atomic mass is 35.5. The molecule has 1 heterocycles. The second kappa shape index (κ2) is 12.3. The lowest BCUT2D eigenvalue weighted by Gasteiger charge is -2.17. The van der Waals surface area contributed by atoms with Crippen molar-refractivity contribution in [1.82, 2.24) is 10.2 Å². The molecule has 27 heavy (non-hydrogen) atoms. The second-order valence-electron chi connectivity index (χ2n) is 5.70. The van der Waals surface area contributed by atoms with Crippen LogP contribution in [-0.4, -0.2) is 42.9 Å². The molecule has 0 saturated heterocycles. The summed E-state index contributed by atoms with van der Waals surface area (Å²) >= 11 is 1.57. The van der Waals surface area contributed by atoms with E-state index in [1.807, 2.05) is 17.5 Å². The summed E-state index contributed by atoms with van der Waals surface area (Å²) in [6.45, 7) is 7.61. The predicted molar refractivity (Wildman–Crippen MR) is 116 cm³/mol. The van der Waals surface area contributed by atoms with Crippen molar-refractivity contribution in [3.05, 3.63) is 58.3 Å². The summed E-state index contributed by atoms with van der Waals surface area (Å²) in [6.07, 6.45) is 3.28. The Morgan fingerprint density at radius 2 is 1.81 bits per heavy atom. The molecule has 1 aromatic heterocycles. The van der Waals surface area contributed by atoms with Crippen LogP contribution in [0.15, 0.2) is 47.9 Å². The number of carbonyl (C=O) groups is 2. The lowest BCUT2D eigenvalue weighted by molar-refractivity contribution is -0.111. The van der Waals surface area contributed by atoms with Gasteiger partial charge in [0, 0.05) is 35.3 Å². The molecule has 146 valence electrons. The molecular weight excluding hydrogens is 382 g/mol. The Morgan fingerprint density at radius 3 is 2.41 bits per heavy atom. The first-order chi connectivity index (χ1) is 12.6. The van der Waals surface area contributed by atoms with Gasteiger partial charge in [0.1, 0.15) is 0 Å². The number of nitrogens with one attached hydrogen (secondary N) is 2. The Balaban J connectivity index is 0.00000364. The van der Waals surface area contributed by atoms with Gasteiger partial charge < -0.3 is 15.5 Å². The van der Waals surface area contributed by atoms with Gasteiger partial charge in [-0.1, -0.05) is 19.9 Å². The van der Waals surface area contributed by atoms with Crippen LogP contribution in [0.1, 0.15) is 29.1 Å². The number of rotatable bonds is 9. The van der Waals surface area contributed by atoms with Crippen molar-refractivity contribution in [2.24, 2.45) is 0 Å². The molecule has 0 fully saturated rings. The summed E-state index contributed by atoms with van der Waals surface area (Å²) in [4.78, 5) is 27.3. The van der Waals surface area contributed by atoms with Gasteiger partial charge in [0.25, 0.3) is 5.91 Å². The number of carbonyl (C=O) groups excluding carboxylic acids is 2. The van der Waals surface area contributed by atoms with Crippen molar-refractivity contribution in [2.75, 3.05) is 31.5 Å². The fourth-order valence-electron chi connectivity index (χ4n) is 2.40. The Morgan fingerprint density at radius 1 is 1.11 bits per heavy atom. The molecule has 0 bridgehead atoms. The molecule has 2 N–H and O–H groups in total. The summed E-state index contributed by atoms with van der Waals surface area (Å²) < 4.78 is 0. The summed E-state index contributed by atoms with van der Waals surface area (Å²) in [5.74, 6) is -0.303. The van der Waals surface area contributed by atoms with Crippen LogP contribution in [-0.2, 0) is 4.79 Å². The van der Waals surface area contributed by atoms with Gasteiger partial charge in [-0.2, -0.15) is 0 Å². The molecule has 0 aliphatic rings. The van der Waals surface area contributed by atoms with Crippen LogP contribution in [0.2, 0.25) is 0 Å². The predicted octanol–water partition coefficient (Wildman–Crippen LogP) is 3.89. The minimum absolute atomic E-state index is 0. The summed E-state index contributed by atoms with van der Waals surface area (Å²) in [5, 5.41) is 7.66. The third-order valence-electron chi connectivity index (χ3n) is 3.96. The molecule has 0 aliphatic heterocycles. The van der Waals surface area contributed by atoms with E-state index < -0.39 is 0 Å². The van der Waals surface area contributed by atoms with Crippen LogP contribution in [0.4, 0.5) is 5.69 Å². The number of nitrogens with zero attached hydrogens (tertiary/aromatic N) is 1. The normalized spacial score (nSPS) is 10.6. The van der Waals surface area contributed by atoms with Gasteiger partial charge in [0.05, 0.1) is 0 Å². The standard InChI is InChI=1S/C20H25N3O2S.ClH/c1-3-23(4-2)14-13-21-20(25)16-7-9-17(10-8-16)22-19(24)12-11-18-6-5-15-26-18;/h5-12,15H,3-4,13-14H2,1-2H3,(H,21,25)(H,22,24);1H. The van der Waals surface area contributed by atoms with E-state index in [0.29, 0.717) is 17.8 Å². The number of amides is 2. The SMILES string of the molecule is CCN(CC)CCNC(=O)c1ccc(NC(=O)C=Cc2cccs2)cc1.Cl. The van der Waals surface area contributed by atoms with Crippen molar-refractivity contribution < 1.29 is 9.59 Å². The minimum Gasteiger partial charge on any atom is -0.351 e. The summed E-state index contributed by atoms with van der Waals surface area (Å²) in [7, 11) is 0. The van der Waals surface area contributed by atoms with E-state index in [1.54, 1.807) is 41.7 Å². The van der Waals surface area contributed by atoms with Crippen LogP contribution in [0.25, 0.3) is 6.08 Å². The number of likely N-dealkylation sites (N-methyl/N-ethyl adjacent to an activating group) is 1. The van der Waals surface area contributed by atoms with E-state index in [4.69, 9.17) is 0 Å². The molecule has 0 aliphatic carbocycles. The van der Waals surface area contributed by atoms with Crippen LogP contribution in [0.5, 0.6) is 0 Å². The van der Waals surface area contributed by atoms with Crippen molar-refractivity contribution in [3.63, 3.8) is 0 Å². The third kappa shape index (κ3) is 7.95. The monoisotopic (exact) mass is 407 g/mol. The zero-order chi connectivity index (χ0) is 18.8. The summed E-state index contributed by atoms with van der Waals surface area (Å²) in [6, 6.07) is 10.8. The molecule has 0 spiro atoms. The Hall–Kier alpha value is -2.15. The van der Waals surface area contributed by atoms with E-state index in [2.05, 4.69) is 29.4 Å². The van der Waals surface area contributed by atoms with Crippen LogP contribution < -0.4 is 10.6 Å². The molecule has 0 radical (unpaired) electrons. The van der Waals surface area contributed by atoms with E-state index in [1.165, 1.54) is 6.08 Å². The van der Waals surface area contributed by atoms with E-state index in [-0.39, 0.29) is 24.2 Å². The molecular formula is C20H26ClN3O2S. The Labute approximate surface area is 170 Å². The maximum Gasteiger partial charge on any atom is 0.251 e. The summed E-state index contributed by atoms with van der Waals surface area (Å²) in [5.41, 5.74) is 1.24. The molecule has 1 aromatic carbocycles. The first-order valence-electron chi connectivity index (χ1n) is 8.75. The lowest BCUT2D eigenvalue weighted by atomic mass is 10.2. The quantitative estimate of drug-likeness (QED) is 0.620. The average molecular weight is 408 g/mol. The maximum atomic E-state index is 12.1. The lowest BCUT2D eigenvalue weighted by Crippen LogP contribution is -2.34. The zero-order valence-electron chi connectivity index (χ0n) is 15.6. The molecule has 7 heteroatoms. The van der Waals surface area contributed by atoms with Gasteiger partial charge in [-0.15, -0.1) is 23.7 Å².